The van der Waals surface area contributed by atoms with Gasteiger partial charge >= 0.3 is 0 Å². The third-order valence-corrected chi connectivity index (χ3v) is 3.68. The lowest BCUT2D eigenvalue weighted by molar-refractivity contribution is 0.355. The number of hydrogen-bond donors (Lipinski definition) is 1. The molecule has 1 unspecified atom stereocenters. The fraction of sp³-hybridized carbons (Fsp3) is 0.455. The van der Waals surface area contributed by atoms with Gasteiger partial charge in [0.15, 0.2) is 5.82 Å². The molecule has 1 atom stereocenters. The molecule has 16 heavy (non-hydrogen) atoms. The Kier molecular flexibility index (Phi) is 2.71. The minimum absolute atomic E-state index is 0.407. The van der Waals surface area contributed by atoms with Gasteiger partial charge in [-0.2, -0.15) is 4.98 Å². The van der Waals surface area contributed by atoms with Crippen LogP contribution in [-0.2, 0) is 6.42 Å². The zero-order valence-electron chi connectivity index (χ0n) is 8.85. The summed E-state index contributed by atoms with van der Waals surface area (Å²) >= 11 is 1.73. The Hall–Kier alpha value is -1.20. The molecule has 1 fully saturated rings. The van der Waals surface area contributed by atoms with E-state index in [1.54, 1.807) is 11.3 Å². The quantitative estimate of drug-likeness (QED) is 0.881. The first-order valence-corrected chi connectivity index (χ1v) is 6.35. The van der Waals surface area contributed by atoms with Gasteiger partial charge in [-0.05, 0) is 24.4 Å². The Morgan fingerprint density at radius 2 is 2.56 bits per heavy atom. The monoisotopic (exact) mass is 235 g/mol. The molecule has 4 nitrogen and oxygen atoms in total. The molecule has 1 aliphatic heterocycles. The van der Waals surface area contributed by atoms with Crippen LogP contribution in [0.25, 0.3) is 0 Å². The number of nitrogens with zero attached hydrogens (tertiary/aromatic N) is 2. The summed E-state index contributed by atoms with van der Waals surface area (Å²) in [5.41, 5.74) is 0. The minimum atomic E-state index is 0.407. The second-order valence-electron chi connectivity index (χ2n) is 3.99. The van der Waals surface area contributed by atoms with E-state index in [0.717, 1.165) is 37.6 Å². The molecule has 2 aromatic heterocycles. The normalized spacial score (nSPS) is 20.4. The number of aromatic nitrogens is 2. The number of nitrogens with one attached hydrogen (secondary N) is 1. The molecule has 0 radical (unpaired) electrons. The molecule has 1 saturated heterocycles. The van der Waals surface area contributed by atoms with Crippen molar-refractivity contribution in [3.8, 4) is 0 Å². The van der Waals surface area contributed by atoms with Crippen molar-refractivity contribution in [2.45, 2.75) is 18.8 Å². The zero-order valence-corrected chi connectivity index (χ0v) is 9.67. The Balaban J connectivity index is 1.72. The first kappa shape index (κ1) is 9.99. The van der Waals surface area contributed by atoms with Crippen molar-refractivity contribution in [2.75, 3.05) is 13.1 Å². The van der Waals surface area contributed by atoms with Gasteiger partial charge in [-0.25, -0.2) is 0 Å². The maximum absolute atomic E-state index is 5.30. The molecule has 0 aliphatic carbocycles. The second kappa shape index (κ2) is 4.35. The molecule has 5 heteroatoms. The predicted molar refractivity (Wildman–Crippen MR) is 61.7 cm³/mol. The highest BCUT2D eigenvalue weighted by molar-refractivity contribution is 7.09. The van der Waals surface area contributed by atoms with E-state index < -0.39 is 0 Å². The van der Waals surface area contributed by atoms with E-state index in [9.17, 15) is 0 Å². The summed E-state index contributed by atoms with van der Waals surface area (Å²) in [4.78, 5) is 5.73. The summed E-state index contributed by atoms with van der Waals surface area (Å²) in [5, 5.41) is 9.40. The van der Waals surface area contributed by atoms with Gasteiger partial charge in [0, 0.05) is 17.8 Å². The smallest absolute Gasteiger partial charge is 0.231 e. The summed E-state index contributed by atoms with van der Waals surface area (Å²) in [6, 6.07) is 4.14. The Bertz CT molecular complexity index is 446. The Morgan fingerprint density at radius 3 is 3.31 bits per heavy atom. The van der Waals surface area contributed by atoms with E-state index in [4.69, 9.17) is 4.52 Å². The van der Waals surface area contributed by atoms with Crippen LogP contribution in [-0.4, -0.2) is 23.2 Å². The fourth-order valence-corrected chi connectivity index (χ4v) is 2.64. The molecule has 1 N–H and O–H groups in total. The number of hydrogen-bond acceptors (Lipinski definition) is 5. The largest absolute Gasteiger partial charge is 0.339 e. The molecule has 3 heterocycles. The molecule has 0 aromatic carbocycles. The van der Waals surface area contributed by atoms with Crippen molar-refractivity contribution in [2.24, 2.45) is 0 Å². The fourth-order valence-electron chi connectivity index (χ4n) is 1.94. The van der Waals surface area contributed by atoms with Gasteiger partial charge in [-0.1, -0.05) is 11.2 Å². The molecule has 84 valence electrons. The highest BCUT2D eigenvalue weighted by Crippen LogP contribution is 2.21. The van der Waals surface area contributed by atoms with Gasteiger partial charge in [-0.15, -0.1) is 11.3 Å². The van der Waals surface area contributed by atoms with Crippen molar-refractivity contribution in [1.29, 1.82) is 0 Å². The van der Waals surface area contributed by atoms with E-state index in [1.165, 1.54) is 4.88 Å². The maximum Gasteiger partial charge on any atom is 0.231 e. The van der Waals surface area contributed by atoms with Crippen LogP contribution in [0.4, 0.5) is 0 Å². The van der Waals surface area contributed by atoms with E-state index in [2.05, 4.69) is 26.9 Å². The third-order valence-electron chi connectivity index (χ3n) is 2.81. The molecule has 0 spiro atoms. The van der Waals surface area contributed by atoms with Crippen LogP contribution < -0.4 is 5.32 Å². The predicted octanol–water partition coefficient (Wildman–Crippen LogP) is 1.80. The van der Waals surface area contributed by atoms with Crippen LogP contribution >= 0.6 is 11.3 Å². The lowest BCUT2D eigenvalue weighted by Gasteiger charge is -1.98. The van der Waals surface area contributed by atoms with Crippen molar-refractivity contribution in [3.63, 3.8) is 0 Å². The van der Waals surface area contributed by atoms with Gasteiger partial charge in [0.1, 0.15) is 0 Å². The lowest BCUT2D eigenvalue weighted by Crippen LogP contribution is -2.08. The summed E-state index contributed by atoms with van der Waals surface area (Å²) in [6.07, 6.45) is 1.88. The van der Waals surface area contributed by atoms with Crippen LogP contribution in [0, 0.1) is 0 Å². The van der Waals surface area contributed by atoms with Gasteiger partial charge in [0.25, 0.3) is 0 Å². The van der Waals surface area contributed by atoms with Crippen molar-refractivity contribution in [3.05, 3.63) is 34.1 Å². The molecule has 0 bridgehead atoms. The van der Waals surface area contributed by atoms with Crippen molar-refractivity contribution < 1.29 is 4.52 Å². The minimum Gasteiger partial charge on any atom is -0.339 e. The van der Waals surface area contributed by atoms with Crippen molar-refractivity contribution >= 4 is 11.3 Å². The van der Waals surface area contributed by atoms with Gasteiger partial charge in [-0.3, -0.25) is 0 Å². The van der Waals surface area contributed by atoms with Crippen LogP contribution in [0.5, 0.6) is 0 Å². The summed E-state index contributed by atoms with van der Waals surface area (Å²) in [5.74, 6) is 1.99. The standard InChI is InChI=1S/C11H13N3OS/c1-2-9(16-5-1)6-10-13-11(15-14-10)8-3-4-12-7-8/h1-2,5,8,12H,3-4,6-7H2. The molecule has 2 aromatic rings. The molecule has 0 saturated carbocycles. The number of thiophene rings is 1. The SMILES string of the molecule is c1csc(Cc2noc(C3CCNC3)n2)c1. The van der Waals surface area contributed by atoms with E-state index in [1.807, 2.05) is 6.07 Å². The van der Waals surface area contributed by atoms with E-state index >= 15 is 0 Å². The summed E-state index contributed by atoms with van der Waals surface area (Å²) in [7, 11) is 0. The molecular weight excluding hydrogens is 222 g/mol. The maximum atomic E-state index is 5.30. The Labute approximate surface area is 97.7 Å². The molecule has 1 aliphatic rings. The van der Waals surface area contributed by atoms with Crippen molar-refractivity contribution in [1.82, 2.24) is 15.5 Å². The summed E-state index contributed by atoms with van der Waals surface area (Å²) in [6.45, 7) is 2.01. The first-order chi connectivity index (χ1) is 7.92. The average molecular weight is 235 g/mol. The summed E-state index contributed by atoms with van der Waals surface area (Å²) < 4.78 is 5.30. The number of rotatable bonds is 3. The zero-order chi connectivity index (χ0) is 10.8. The molecule has 0 amide bonds. The highest BCUT2D eigenvalue weighted by atomic mass is 32.1. The average Bonchev–Trinajstić information content (AvgIpc) is 2.99. The first-order valence-electron chi connectivity index (χ1n) is 5.47. The lowest BCUT2D eigenvalue weighted by atomic mass is 10.1. The van der Waals surface area contributed by atoms with E-state index in [0.29, 0.717) is 5.92 Å². The van der Waals surface area contributed by atoms with Crippen LogP contribution in [0.3, 0.4) is 0 Å². The Morgan fingerprint density at radius 1 is 1.56 bits per heavy atom. The highest BCUT2D eigenvalue weighted by Gasteiger charge is 2.22. The van der Waals surface area contributed by atoms with Gasteiger partial charge < -0.3 is 9.84 Å². The van der Waals surface area contributed by atoms with Crippen LogP contribution in [0.15, 0.2) is 22.0 Å². The van der Waals surface area contributed by atoms with Crippen LogP contribution in [0.2, 0.25) is 0 Å². The molecular formula is C11H13N3OS. The second-order valence-corrected chi connectivity index (χ2v) is 5.03. The van der Waals surface area contributed by atoms with Crippen LogP contribution in [0.1, 0.15) is 28.9 Å². The van der Waals surface area contributed by atoms with Gasteiger partial charge in [0.05, 0.1) is 5.92 Å². The molecule has 3 rings (SSSR count). The third kappa shape index (κ3) is 2.01. The topological polar surface area (TPSA) is 51.0 Å². The van der Waals surface area contributed by atoms with Gasteiger partial charge in [0.2, 0.25) is 5.89 Å². The van der Waals surface area contributed by atoms with E-state index in [-0.39, 0.29) is 0 Å².